The summed E-state index contributed by atoms with van der Waals surface area (Å²) in [5.74, 6) is -0.409. The van der Waals surface area contributed by atoms with Gasteiger partial charge in [0.25, 0.3) is 5.91 Å². The standard InChI is InChI=1S/C14H13ClN2O2S/c1-9(15)13(18)16-10-4-6-11(7-5-10)17-14(19)12-3-2-8-20-12/h2-9H,1H3,(H,16,18)(H,17,19)/t9-/m1/s1. The molecule has 0 aliphatic carbocycles. The molecular formula is C14H13ClN2O2S. The minimum absolute atomic E-state index is 0.147. The third-order valence-corrected chi connectivity index (χ3v) is 3.58. The first-order chi connectivity index (χ1) is 9.56. The number of thiophene rings is 1. The molecule has 0 spiro atoms. The molecule has 2 amide bonds. The summed E-state index contributed by atoms with van der Waals surface area (Å²) < 4.78 is 0. The maximum Gasteiger partial charge on any atom is 0.265 e. The van der Waals surface area contributed by atoms with Crippen LogP contribution in [0.15, 0.2) is 41.8 Å². The van der Waals surface area contributed by atoms with E-state index in [0.29, 0.717) is 16.3 Å². The summed E-state index contributed by atoms with van der Waals surface area (Å²) in [4.78, 5) is 23.9. The summed E-state index contributed by atoms with van der Waals surface area (Å²) in [5.41, 5.74) is 1.30. The Hall–Kier alpha value is -1.85. The molecule has 0 radical (unpaired) electrons. The molecule has 1 aromatic heterocycles. The summed E-state index contributed by atoms with van der Waals surface area (Å²) in [6.45, 7) is 1.60. The Morgan fingerprint density at radius 3 is 2.20 bits per heavy atom. The van der Waals surface area contributed by atoms with Crippen molar-refractivity contribution in [2.75, 3.05) is 10.6 Å². The van der Waals surface area contributed by atoms with Gasteiger partial charge in [-0.05, 0) is 42.6 Å². The van der Waals surface area contributed by atoms with E-state index in [2.05, 4.69) is 10.6 Å². The van der Waals surface area contributed by atoms with Crippen LogP contribution in [0.25, 0.3) is 0 Å². The number of carbonyl (C=O) groups is 2. The second-order valence-corrected chi connectivity index (χ2v) is 5.72. The summed E-state index contributed by atoms with van der Waals surface area (Å²) in [6, 6.07) is 10.4. The predicted molar refractivity (Wildman–Crippen MR) is 82.7 cm³/mol. The Labute approximate surface area is 125 Å². The van der Waals surface area contributed by atoms with E-state index in [0.717, 1.165) is 0 Å². The zero-order valence-corrected chi connectivity index (χ0v) is 12.3. The molecule has 0 saturated heterocycles. The first kappa shape index (κ1) is 14.6. The molecule has 4 nitrogen and oxygen atoms in total. The highest BCUT2D eigenvalue weighted by Crippen LogP contribution is 2.16. The van der Waals surface area contributed by atoms with Crippen LogP contribution < -0.4 is 10.6 Å². The molecule has 1 heterocycles. The summed E-state index contributed by atoms with van der Waals surface area (Å²) in [7, 11) is 0. The number of carbonyl (C=O) groups excluding carboxylic acids is 2. The molecule has 2 N–H and O–H groups in total. The number of alkyl halides is 1. The number of nitrogens with one attached hydrogen (secondary N) is 2. The highest BCUT2D eigenvalue weighted by atomic mass is 35.5. The molecule has 0 unspecified atom stereocenters. The van der Waals surface area contributed by atoms with Crippen LogP contribution in [0.4, 0.5) is 11.4 Å². The largest absolute Gasteiger partial charge is 0.325 e. The number of hydrogen-bond donors (Lipinski definition) is 2. The molecule has 6 heteroatoms. The molecule has 104 valence electrons. The number of halogens is 1. The van der Waals surface area contributed by atoms with Crippen molar-refractivity contribution in [3.63, 3.8) is 0 Å². The van der Waals surface area contributed by atoms with Crippen LogP contribution in [0.1, 0.15) is 16.6 Å². The van der Waals surface area contributed by atoms with Gasteiger partial charge in [0.2, 0.25) is 5.91 Å². The quantitative estimate of drug-likeness (QED) is 0.848. The van der Waals surface area contributed by atoms with Crippen LogP contribution in [0.2, 0.25) is 0 Å². The minimum atomic E-state index is -0.590. The molecule has 0 bridgehead atoms. The Morgan fingerprint density at radius 1 is 1.10 bits per heavy atom. The topological polar surface area (TPSA) is 58.2 Å². The van der Waals surface area contributed by atoms with Gasteiger partial charge in [0.05, 0.1) is 4.88 Å². The summed E-state index contributed by atoms with van der Waals surface area (Å²) in [5, 5.41) is 6.71. The van der Waals surface area contributed by atoms with Crippen LogP contribution in [-0.2, 0) is 4.79 Å². The fourth-order valence-electron chi connectivity index (χ4n) is 1.48. The number of amides is 2. The van der Waals surface area contributed by atoms with Gasteiger partial charge >= 0.3 is 0 Å². The second-order valence-electron chi connectivity index (χ2n) is 4.11. The van der Waals surface area contributed by atoms with Crippen molar-refractivity contribution in [3.05, 3.63) is 46.7 Å². The maximum atomic E-state index is 11.8. The predicted octanol–water partition coefficient (Wildman–Crippen LogP) is 3.57. The van der Waals surface area contributed by atoms with Gasteiger partial charge < -0.3 is 10.6 Å². The smallest absolute Gasteiger partial charge is 0.265 e. The Morgan fingerprint density at radius 2 is 1.70 bits per heavy atom. The molecule has 0 aliphatic heterocycles. The van der Waals surface area contributed by atoms with E-state index >= 15 is 0 Å². The summed E-state index contributed by atoms with van der Waals surface area (Å²) in [6.07, 6.45) is 0. The van der Waals surface area contributed by atoms with E-state index in [1.165, 1.54) is 11.3 Å². The monoisotopic (exact) mass is 308 g/mol. The zero-order chi connectivity index (χ0) is 14.5. The lowest BCUT2D eigenvalue weighted by Gasteiger charge is -2.08. The third kappa shape index (κ3) is 3.82. The van der Waals surface area contributed by atoms with Crippen molar-refractivity contribution in [2.24, 2.45) is 0 Å². The van der Waals surface area contributed by atoms with Crippen molar-refractivity contribution in [1.29, 1.82) is 0 Å². The number of rotatable bonds is 4. The van der Waals surface area contributed by atoms with Crippen molar-refractivity contribution in [2.45, 2.75) is 12.3 Å². The Bertz CT molecular complexity index is 594. The van der Waals surface area contributed by atoms with Crippen molar-refractivity contribution in [3.8, 4) is 0 Å². The highest BCUT2D eigenvalue weighted by Gasteiger charge is 2.09. The zero-order valence-electron chi connectivity index (χ0n) is 10.7. The van der Waals surface area contributed by atoms with Gasteiger partial charge in [0.15, 0.2) is 0 Å². The first-order valence-corrected chi connectivity index (χ1v) is 7.28. The number of benzene rings is 1. The SMILES string of the molecule is C[C@@H](Cl)C(=O)Nc1ccc(NC(=O)c2cccs2)cc1. The Kier molecular flexibility index (Phi) is 4.76. The van der Waals surface area contributed by atoms with Crippen LogP contribution in [0.5, 0.6) is 0 Å². The molecule has 2 rings (SSSR count). The van der Waals surface area contributed by atoms with Crippen LogP contribution in [0.3, 0.4) is 0 Å². The van der Waals surface area contributed by atoms with E-state index in [1.807, 2.05) is 11.4 Å². The van der Waals surface area contributed by atoms with E-state index in [1.54, 1.807) is 37.3 Å². The van der Waals surface area contributed by atoms with E-state index in [9.17, 15) is 9.59 Å². The van der Waals surface area contributed by atoms with Gasteiger partial charge in [0, 0.05) is 11.4 Å². The van der Waals surface area contributed by atoms with Crippen LogP contribution in [0, 0.1) is 0 Å². The lowest BCUT2D eigenvalue weighted by molar-refractivity contribution is -0.115. The van der Waals surface area contributed by atoms with Crippen LogP contribution in [-0.4, -0.2) is 17.2 Å². The van der Waals surface area contributed by atoms with Gasteiger partial charge in [0.1, 0.15) is 5.38 Å². The van der Waals surface area contributed by atoms with Gasteiger partial charge in [-0.2, -0.15) is 0 Å². The summed E-state index contributed by atoms with van der Waals surface area (Å²) >= 11 is 7.05. The van der Waals surface area contributed by atoms with Gasteiger partial charge in [-0.15, -0.1) is 22.9 Å². The van der Waals surface area contributed by atoms with Gasteiger partial charge in [-0.1, -0.05) is 6.07 Å². The minimum Gasteiger partial charge on any atom is -0.325 e. The number of anilines is 2. The highest BCUT2D eigenvalue weighted by molar-refractivity contribution is 7.12. The normalized spacial score (nSPS) is 11.7. The van der Waals surface area contributed by atoms with Crippen molar-refractivity contribution < 1.29 is 9.59 Å². The van der Waals surface area contributed by atoms with E-state index in [4.69, 9.17) is 11.6 Å². The molecule has 0 aliphatic rings. The Balaban J connectivity index is 1.98. The molecule has 0 fully saturated rings. The molecule has 1 aromatic carbocycles. The fourth-order valence-corrected chi connectivity index (χ4v) is 2.15. The molecular weight excluding hydrogens is 296 g/mol. The van der Waals surface area contributed by atoms with E-state index in [-0.39, 0.29) is 11.8 Å². The molecule has 20 heavy (non-hydrogen) atoms. The van der Waals surface area contributed by atoms with Crippen LogP contribution >= 0.6 is 22.9 Å². The maximum absolute atomic E-state index is 11.8. The van der Waals surface area contributed by atoms with Crippen molar-refractivity contribution >= 4 is 46.1 Å². The molecule has 1 atom stereocenters. The third-order valence-electron chi connectivity index (χ3n) is 2.52. The lowest BCUT2D eigenvalue weighted by atomic mass is 10.2. The molecule has 2 aromatic rings. The van der Waals surface area contributed by atoms with E-state index < -0.39 is 5.38 Å². The fraction of sp³-hybridized carbons (Fsp3) is 0.143. The average Bonchev–Trinajstić information content (AvgIpc) is 2.95. The number of hydrogen-bond acceptors (Lipinski definition) is 3. The lowest BCUT2D eigenvalue weighted by Crippen LogP contribution is -2.20. The van der Waals surface area contributed by atoms with Gasteiger partial charge in [-0.3, -0.25) is 9.59 Å². The first-order valence-electron chi connectivity index (χ1n) is 5.96. The average molecular weight is 309 g/mol. The molecule has 0 saturated carbocycles. The second kappa shape index (κ2) is 6.54. The van der Waals surface area contributed by atoms with Crippen molar-refractivity contribution in [1.82, 2.24) is 0 Å². The van der Waals surface area contributed by atoms with Gasteiger partial charge in [-0.25, -0.2) is 0 Å².